The Kier molecular flexibility index (Phi) is 6.04. The molecular weight excluding hydrogens is 364 g/mol. The van der Waals surface area contributed by atoms with Crippen molar-refractivity contribution in [3.8, 4) is 28.5 Å². The molecule has 0 aliphatic carbocycles. The summed E-state index contributed by atoms with van der Waals surface area (Å²) in [5, 5.41) is 12.6. The summed E-state index contributed by atoms with van der Waals surface area (Å²) in [5.41, 5.74) is 2.45. The Hall–Kier alpha value is -3.52. The van der Waals surface area contributed by atoms with Crippen LogP contribution in [0.15, 0.2) is 65.1 Å². The molecule has 0 aliphatic rings. The van der Waals surface area contributed by atoms with Crippen molar-refractivity contribution >= 4 is 6.09 Å². The van der Waals surface area contributed by atoms with E-state index in [9.17, 15) is 10.1 Å². The second kappa shape index (κ2) is 8.66. The number of alkyl carbamates (subject to hydrolysis) is 1. The maximum atomic E-state index is 11.9. The van der Waals surface area contributed by atoms with E-state index in [1.54, 1.807) is 0 Å². The summed E-state index contributed by atoms with van der Waals surface area (Å²) < 4.78 is 11.4. The Morgan fingerprint density at radius 2 is 1.62 bits per heavy atom. The molecule has 0 saturated heterocycles. The SMILES string of the molecule is CC(C)(C)OC(=O)NCCc1oc(-c2ccccc2)c(C#N)c1-c1ccccc1. The van der Waals surface area contributed by atoms with Crippen molar-refractivity contribution in [1.82, 2.24) is 5.32 Å². The highest BCUT2D eigenvalue weighted by Crippen LogP contribution is 2.37. The van der Waals surface area contributed by atoms with Crippen LogP contribution in [0, 0.1) is 11.3 Å². The van der Waals surface area contributed by atoms with Crippen LogP contribution in [0.25, 0.3) is 22.5 Å². The van der Waals surface area contributed by atoms with E-state index in [1.165, 1.54) is 0 Å². The molecule has 0 bridgehead atoms. The van der Waals surface area contributed by atoms with E-state index < -0.39 is 11.7 Å². The zero-order valence-electron chi connectivity index (χ0n) is 16.9. The zero-order valence-corrected chi connectivity index (χ0v) is 16.9. The number of carbonyl (C=O) groups is 1. The molecule has 0 aliphatic heterocycles. The number of nitrogens with zero attached hydrogens (tertiary/aromatic N) is 1. The van der Waals surface area contributed by atoms with Crippen LogP contribution in [-0.4, -0.2) is 18.2 Å². The second-order valence-electron chi connectivity index (χ2n) is 7.63. The molecule has 1 N–H and O–H groups in total. The molecule has 0 radical (unpaired) electrons. The van der Waals surface area contributed by atoms with Crippen LogP contribution in [-0.2, 0) is 11.2 Å². The predicted octanol–water partition coefficient (Wildman–Crippen LogP) is 5.55. The lowest BCUT2D eigenvalue weighted by Crippen LogP contribution is -2.33. The monoisotopic (exact) mass is 388 g/mol. The Morgan fingerprint density at radius 3 is 2.17 bits per heavy atom. The lowest BCUT2D eigenvalue weighted by atomic mass is 9.98. The Bertz CT molecular complexity index is 1010. The van der Waals surface area contributed by atoms with Gasteiger partial charge in [-0.1, -0.05) is 60.7 Å². The van der Waals surface area contributed by atoms with E-state index in [0.29, 0.717) is 30.0 Å². The molecule has 5 heteroatoms. The first-order valence-corrected chi connectivity index (χ1v) is 9.52. The topological polar surface area (TPSA) is 75.3 Å². The number of nitriles is 1. The number of nitrogens with one attached hydrogen (secondary N) is 1. The quantitative estimate of drug-likeness (QED) is 0.621. The van der Waals surface area contributed by atoms with Gasteiger partial charge in [-0.3, -0.25) is 0 Å². The summed E-state index contributed by atoms with van der Waals surface area (Å²) in [6.45, 7) is 5.79. The fraction of sp³-hybridized carbons (Fsp3) is 0.250. The van der Waals surface area contributed by atoms with Crippen molar-refractivity contribution in [2.75, 3.05) is 6.54 Å². The lowest BCUT2D eigenvalue weighted by Gasteiger charge is -2.19. The number of furan rings is 1. The molecule has 1 aromatic heterocycles. The molecule has 3 rings (SSSR count). The number of hydrogen-bond donors (Lipinski definition) is 1. The van der Waals surface area contributed by atoms with Gasteiger partial charge in [-0.2, -0.15) is 5.26 Å². The third-order valence-electron chi connectivity index (χ3n) is 4.21. The van der Waals surface area contributed by atoms with Gasteiger partial charge < -0.3 is 14.5 Å². The van der Waals surface area contributed by atoms with Crippen LogP contribution in [0.1, 0.15) is 32.1 Å². The zero-order chi connectivity index (χ0) is 20.9. The Balaban J connectivity index is 1.92. The standard InChI is InChI=1S/C24H24N2O3/c1-24(2,3)29-23(27)26-15-14-20-21(17-10-6-4-7-11-17)19(16-25)22(28-20)18-12-8-5-9-13-18/h4-13H,14-15H2,1-3H3,(H,26,27). The molecular formula is C24H24N2O3. The molecule has 2 aromatic carbocycles. The van der Waals surface area contributed by atoms with Gasteiger partial charge in [-0.05, 0) is 26.3 Å². The highest BCUT2D eigenvalue weighted by molar-refractivity contribution is 5.81. The van der Waals surface area contributed by atoms with Crippen molar-refractivity contribution in [2.45, 2.75) is 32.8 Å². The minimum Gasteiger partial charge on any atom is -0.459 e. The van der Waals surface area contributed by atoms with Gasteiger partial charge in [0, 0.05) is 24.1 Å². The van der Waals surface area contributed by atoms with Gasteiger partial charge >= 0.3 is 6.09 Å². The summed E-state index contributed by atoms with van der Waals surface area (Å²) in [5.74, 6) is 1.20. The average Bonchev–Trinajstić information content (AvgIpc) is 3.06. The summed E-state index contributed by atoms with van der Waals surface area (Å²) in [4.78, 5) is 11.9. The van der Waals surface area contributed by atoms with E-state index in [1.807, 2.05) is 81.4 Å². The first-order chi connectivity index (χ1) is 13.9. The second-order valence-corrected chi connectivity index (χ2v) is 7.63. The van der Waals surface area contributed by atoms with Crippen molar-refractivity contribution in [3.63, 3.8) is 0 Å². The van der Waals surface area contributed by atoms with Gasteiger partial charge in [-0.15, -0.1) is 0 Å². The highest BCUT2D eigenvalue weighted by atomic mass is 16.6. The number of amides is 1. The van der Waals surface area contributed by atoms with E-state index >= 15 is 0 Å². The van der Waals surface area contributed by atoms with Gasteiger partial charge in [0.1, 0.15) is 23.0 Å². The molecule has 0 spiro atoms. The van der Waals surface area contributed by atoms with Gasteiger partial charge in [0.15, 0.2) is 5.76 Å². The third kappa shape index (κ3) is 5.05. The molecule has 1 heterocycles. The molecule has 0 atom stereocenters. The fourth-order valence-electron chi connectivity index (χ4n) is 3.06. The molecule has 0 unspecified atom stereocenters. The third-order valence-corrected chi connectivity index (χ3v) is 4.21. The maximum Gasteiger partial charge on any atom is 0.407 e. The van der Waals surface area contributed by atoms with Crippen molar-refractivity contribution in [3.05, 3.63) is 72.0 Å². The first kappa shape index (κ1) is 20.2. The summed E-state index contributed by atoms with van der Waals surface area (Å²) in [6, 6.07) is 21.5. The van der Waals surface area contributed by atoms with E-state index in [2.05, 4.69) is 11.4 Å². The predicted molar refractivity (Wildman–Crippen MR) is 112 cm³/mol. The van der Waals surface area contributed by atoms with Gasteiger partial charge in [-0.25, -0.2) is 4.79 Å². The Morgan fingerprint density at radius 1 is 1.03 bits per heavy atom. The number of rotatable bonds is 5. The summed E-state index contributed by atoms with van der Waals surface area (Å²) in [7, 11) is 0. The van der Waals surface area contributed by atoms with E-state index in [-0.39, 0.29) is 0 Å². The van der Waals surface area contributed by atoms with Crippen LogP contribution in [0.4, 0.5) is 4.79 Å². The molecule has 5 nitrogen and oxygen atoms in total. The van der Waals surface area contributed by atoms with Crippen molar-refractivity contribution < 1.29 is 13.9 Å². The van der Waals surface area contributed by atoms with E-state index in [4.69, 9.17) is 9.15 Å². The molecule has 1 amide bonds. The number of carbonyl (C=O) groups excluding carboxylic acids is 1. The minimum absolute atomic E-state index is 0.335. The largest absolute Gasteiger partial charge is 0.459 e. The number of benzene rings is 2. The van der Waals surface area contributed by atoms with Crippen LogP contribution < -0.4 is 5.32 Å². The molecule has 29 heavy (non-hydrogen) atoms. The lowest BCUT2D eigenvalue weighted by molar-refractivity contribution is 0.0528. The normalized spacial score (nSPS) is 11.0. The maximum absolute atomic E-state index is 11.9. The molecule has 0 saturated carbocycles. The number of hydrogen-bond acceptors (Lipinski definition) is 4. The van der Waals surface area contributed by atoms with Crippen LogP contribution in [0.2, 0.25) is 0 Å². The minimum atomic E-state index is -0.557. The van der Waals surface area contributed by atoms with Gasteiger partial charge in [0.2, 0.25) is 0 Å². The molecule has 148 valence electrons. The van der Waals surface area contributed by atoms with Gasteiger partial charge in [0.05, 0.1) is 0 Å². The van der Waals surface area contributed by atoms with Crippen LogP contribution in [0.5, 0.6) is 0 Å². The fourth-order valence-corrected chi connectivity index (χ4v) is 3.06. The smallest absolute Gasteiger partial charge is 0.407 e. The van der Waals surface area contributed by atoms with Crippen LogP contribution >= 0.6 is 0 Å². The van der Waals surface area contributed by atoms with Crippen molar-refractivity contribution in [2.24, 2.45) is 0 Å². The first-order valence-electron chi connectivity index (χ1n) is 9.52. The molecule has 3 aromatic rings. The summed E-state index contributed by atoms with van der Waals surface area (Å²) in [6.07, 6.45) is -0.0422. The van der Waals surface area contributed by atoms with Crippen molar-refractivity contribution in [1.29, 1.82) is 5.26 Å². The van der Waals surface area contributed by atoms with Crippen LogP contribution in [0.3, 0.4) is 0 Å². The number of ether oxygens (including phenoxy) is 1. The van der Waals surface area contributed by atoms with E-state index in [0.717, 1.165) is 16.7 Å². The Labute approximate surface area is 170 Å². The highest BCUT2D eigenvalue weighted by Gasteiger charge is 2.23. The summed E-state index contributed by atoms with van der Waals surface area (Å²) >= 11 is 0. The average molecular weight is 388 g/mol. The molecule has 0 fully saturated rings. The van der Waals surface area contributed by atoms with Gasteiger partial charge in [0.25, 0.3) is 0 Å².